The van der Waals surface area contributed by atoms with E-state index in [1.807, 2.05) is 36.4 Å². The third-order valence-electron chi connectivity index (χ3n) is 4.88. The van der Waals surface area contributed by atoms with Crippen molar-refractivity contribution in [2.75, 3.05) is 6.26 Å². The van der Waals surface area contributed by atoms with Crippen molar-refractivity contribution in [3.63, 3.8) is 0 Å². The molecule has 0 spiro atoms. The summed E-state index contributed by atoms with van der Waals surface area (Å²) >= 11 is 0. The van der Waals surface area contributed by atoms with Crippen LogP contribution in [-0.4, -0.2) is 26.6 Å². The van der Waals surface area contributed by atoms with E-state index in [-0.39, 0.29) is 35.2 Å². The van der Waals surface area contributed by atoms with Crippen molar-refractivity contribution in [2.24, 2.45) is 11.7 Å². The summed E-state index contributed by atoms with van der Waals surface area (Å²) in [4.78, 5) is 13.0. The fourth-order valence-electron chi connectivity index (χ4n) is 3.44. The molecular formula is C20H25ClN2O3S. The standard InChI is InChI=1S/C20H24N2O3S.ClH/c1-26(24,25)18-9-5-8-15(13-18)19(14-6-3-2-4-7-14)22-20(23)16-10-11-17(21)12-16;/h2-9,13,16-17,19H,10-12,21H2,1H3,(H,22,23);1H. The van der Waals surface area contributed by atoms with Gasteiger partial charge in [0, 0.05) is 18.2 Å². The molecule has 0 saturated heterocycles. The quantitative estimate of drug-likeness (QED) is 0.796. The van der Waals surface area contributed by atoms with Gasteiger partial charge in [0.2, 0.25) is 5.91 Å². The van der Waals surface area contributed by atoms with Gasteiger partial charge in [-0.15, -0.1) is 12.4 Å². The first-order chi connectivity index (χ1) is 12.3. The molecule has 0 aromatic heterocycles. The maximum Gasteiger partial charge on any atom is 0.223 e. The third-order valence-corrected chi connectivity index (χ3v) is 5.99. The molecule has 0 heterocycles. The van der Waals surface area contributed by atoms with Crippen molar-refractivity contribution in [3.05, 3.63) is 65.7 Å². The Morgan fingerprint density at radius 2 is 1.74 bits per heavy atom. The number of sulfone groups is 1. The molecule has 7 heteroatoms. The second-order valence-electron chi connectivity index (χ2n) is 6.97. The first-order valence-electron chi connectivity index (χ1n) is 8.75. The minimum atomic E-state index is -3.32. The minimum absolute atomic E-state index is 0. The molecule has 0 bridgehead atoms. The Morgan fingerprint density at radius 3 is 2.33 bits per heavy atom. The summed E-state index contributed by atoms with van der Waals surface area (Å²) in [5, 5.41) is 3.10. The summed E-state index contributed by atoms with van der Waals surface area (Å²) < 4.78 is 23.8. The van der Waals surface area contributed by atoms with E-state index in [4.69, 9.17) is 5.73 Å². The van der Waals surface area contributed by atoms with Crippen molar-refractivity contribution in [1.29, 1.82) is 0 Å². The van der Waals surface area contributed by atoms with Crippen LogP contribution in [-0.2, 0) is 14.6 Å². The van der Waals surface area contributed by atoms with Crippen LogP contribution in [0, 0.1) is 5.92 Å². The number of hydrogen-bond donors (Lipinski definition) is 2. The lowest BCUT2D eigenvalue weighted by Gasteiger charge is -2.22. The van der Waals surface area contributed by atoms with Gasteiger partial charge in [0.25, 0.3) is 0 Å². The molecule has 0 aliphatic heterocycles. The van der Waals surface area contributed by atoms with E-state index in [2.05, 4.69) is 5.32 Å². The Hall–Kier alpha value is -1.89. The predicted molar refractivity (Wildman–Crippen MR) is 109 cm³/mol. The maximum absolute atomic E-state index is 12.7. The second kappa shape index (κ2) is 8.87. The molecule has 5 nitrogen and oxygen atoms in total. The molecule has 2 aromatic carbocycles. The lowest BCUT2D eigenvalue weighted by molar-refractivity contribution is -0.125. The van der Waals surface area contributed by atoms with Gasteiger partial charge in [-0.1, -0.05) is 42.5 Å². The normalized spacial score (nSPS) is 20.5. The molecule has 3 atom stereocenters. The highest BCUT2D eigenvalue weighted by Crippen LogP contribution is 2.28. The van der Waals surface area contributed by atoms with E-state index in [0.717, 1.165) is 24.0 Å². The fraction of sp³-hybridized carbons (Fsp3) is 0.350. The molecule has 3 N–H and O–H groups in total. The number of nitrogens with one attached hydrogen (secondary N) is 1. The van der Waals surface area contributed by atoms with Crippen LogP contribution in [0.25, 0.3) is 0 Å². The summed E-state index contributed by atoms with van der Waals surface area (Å²) in [6, 6.07) is 16.0. The summed E-state index contributed by atoms with van der Waals surface area (Å²) in [5.74, 6) is -0.120. The van der Waals surface area contributed by atoms with E-state index < -0.39 is 15.9 Å². The van der Waals surface area contributed by atoms with Crippen molar-refractivity contribution in [2.45, 2.75) is 36.2 Å². The maximum atomic E-state index is 12.7. The van der Waals surface area contributed by atoms with Crippen LogP contribution in [0.3, 0.4) is 0 Å². The van der Waals surface area contributed by atoms with Crippen molar-refractivity contribution >= 4 is 28.2 Å². The highest BCUT2D eigenvalue weighted by molar-refractivity contribution is 7.90. The van der Waals surface area contributed by atoms with Gasteiger partial charge in [-0.2, -0.15) is 0 Å². The highest BCUT2D eigenvalue weighted by atomic mass is 35.5. The van der Waals surface area contributed by atoms with Crippen LogP contribution < -0.4 is 11.1 Å². The molecule has 1 fully saturated rings. The van der Waals surface area contributed by atoms with Gasteiger partial charge in [-0.3, -0.25) is 4.79 Å². The summed E-state index contributed by atoms with van der Waals surface area (Å²) in [6.07, 6.45) is 3.52. The van der Waals surface area contributed by atoms with E-state index in [9.17, 15) is 13.2 Å². The van der Waals surface area contributed by atoms with Crippen molar-refractivity contribution in [3.8, 4) is 0 Å². The van der Waals surface area contributed by atoms with Gasteiger partial charge in [0.1, 0.15) is 0 Å². The monoisotopic (exact) mass is 408 g/mol. The Balaban J connectivity index is 0.00000261. The van der Waals surface area contributed by atoms with Gasteiger partial charge in [0.15, 0.2) is 9.84 Å². The topological polar surface area (TPSA) is 89.3 Å². The van der Waals surface area contributed by atoms with Crippen LogP contribution in [0.15, 0.2) is 59.5 Å². The molecule has 3 unspecified atom stereocenters. The lowest BCUT2D eigenvalue weighted by Crippen LogP contribution is -2.34. The molecule has 1 amide bonds. The number of halogens is 1. The first-order valence-corrected chi connectivity index (χ1v) is 10.6. The first kappa shape index (κ1) is 21.4. The zero-order valence-corrected chi connectivity index (χ0v) is 16.8. The number of carbonyl (C=O) groups excluding carboxylic acids is 1. The van der Waals surface area contributed by atoms with Gasteiger partial charge >= 0.3 is 0 Å². The average molecular weight is 409 g/mol. The van der Waals surface area contributed by atoms with Gasteiger partial charge < -0.3 is 11.1 Å². The Labute approximate surface area is 166 Å². The minimum Gasteiger partial charge on any atom is -0.345 e. The van der Waals surface area contributed by atoms with Crippen LogP contribution in [0.4, 0.5) is 0 Å². The van der Waals surface area contributed by atoms with E-state index in [0.29, 0.717) is 6.42 Å². The van der Waals surface area contributed by atoms with Crippen LogP contribution in [0.2, 0.25) is 0 Å². The van der Waals surface area contributed by atoms with E-state index >= 15 is 0 Å². The number of hydrogen-bond acceptors (Lipinski definition) is 4. The number of carbonyl (C=O) groups is 1. The molecule has 1 saturated carbocycles. The van der Waals surface area contributed by atoms with Gasteiger partial charge in [-0.05, 0) is 42.5 Å². The highest BCUT2D eigenvalue weighted by Gasteiger charge is 2.29. The fourth-order valence-corrected chi connectivity index (χ4v) is 4.12. The Bertz CT molecular complexity index is 887. The average Bonchev–Trinajstić information content (AvgIpc) is 3.06. The SMILES string of the molecule is CS(=O)(=O)c1cccc(C(NC(=O)C2CCC(N)C2)c2ccccc2)c1.Cl. The number of benzene rings is 2. The van der Waals surface area contributed by atoms with Crippen LogP contribution in [0.1, 0.15) is 36.4 Å². The number of amides is 1. The summed E-state index contributed by atoms with van der Waals surface area (Å²) in [7, 11) is -3.32. The van der Waals surface area contributed by atoms with Gasteiger partial charge in [0.05, 0.1) is 10.9 Å². The lowest BCUT2D eigenvalue weighted by atomic mass is 9.97. The molecule has 1 aliphatic rings. The van der Waals surface area contributed by atoms with Crippen LogP contribution in [0.5, 0.6) is 0 Å². The largest absolute Gasteiger partial charge is 0.345 e. The second-order valence-corrected chi connectivity index (χ2v) is 8.98. The zero-order chi connectivity index (χ0) is 18.7. The molecular weight excluding hydrogens is 384 g/mol. The van der Waals surface area contributed by atoms with E-state index in [1.54, 1.807) is 18.2 Å². The summed E-state index contributed by atoms with van der Waals surface area (Å²) in [6.45, 7) is 0. The predicted octanol–water partition coefficient (Wildman–Crippen LogP) is 2.84. The van der Waals surface area contributed by atoms with Crippen LogP contribution >= 0.6 is 12.4 Å². The molecule has 0 radical (unpaired) electrons. The Kier molecular flexibility index (Phi) is 7.03. The number of rotatable bonds is 5. The van der Waals surface area contributed by atoms with Crippen molar-refractivity contribution in [1.82, 2.24) is 5.32 Å². The smallest absolute Gasteiger partial charge is 0.223 e. The number of nitrogens with two attached hydrogens (primary N) is 1. The Morgan fingerprint density at radius 1 is 1.07 bits per heavy atom. The summed E-state index contributed by atoms with van der Waals surface area (Å²) in [5.41, 5.74) is 7.59. The molecule has 146 valence electrons. The zero-order valence-electron chi connectivity index (χ0n) is 15.2. The van der Waals surface area contributed by atoms with E-state index in [1.165, 1.54) is 6.26 Å². The molecule has 2 aromatic rings. The molecule has 1 aliphatic carbocycles. The van der Waals surface area contributed by atoms with Crippen molar-refractivity contribution < 1.29 is 13.2 Å². The molecule has 3 rings (SSSR count). The molecule has 27 heavy (non-hydrogen) atoms. The van der Waals surface area contributed by atoms with Gasteiger partial charge in [-0.25, -0.2) is 8.42 Å². The third kappa shape index (κ3) is 5.31.